The number of benzene rings is 2. The lowest BCUT2D eigenvalue weighted by molar-refractivity contribution is -0.139. The lowest BCUT2D eigenvalue weighted by Crippen LogP contribution is -2.41. The first-order chi connectivity index (χ1) is 17.8. The lowest BCUT2D eigenvalue weighted by Gasteiger charge is -2.37. The number of hydrogen-bond acceptors (Lipinski definition) is 4. The molecule has 5 nitrogen and oxygen atoms in total. The van der Waals surface area contributed by atoms with Crippen LogP contribution in [0.25, 0.3) is 10.9 Å². The number of nitrogens with zero attached hydrogens (tertiary/aromatic N) is 2. The van der Waals surface area contributed by atoms with Crippen LogP contribution in [-0.4, -0.2) is 47.7 Å². The van der Waals surface area contributed by atoms with Crippen molar-refractivity contribution in [3.05, 3.63) is 71.4 Å². The topological polar surface area (TPSA) is 62.7 Å². The maximum Gasteiger partial charge on any atom is 0.303 e. The third-order valence-electron chi connectivity index (χ3n) is 6.92. The second-order valence-electron chi connectivity index (χ2n) is 9.43. The molecule has 1 aliphatic rings. The van der Waals surface area contributed by atoms with E-state index >= 15 is 4.39 Å². The first-order valence-corrected chi connectivity index (χ1v) is 12.3. The fourth-order valence-corrected chi connectivity index (χ4v) is 5.08. The van der Waals surface area contributed by atoms with Crippen LogP contribution >= 0.6 is 0 Å². The normalized spacial score (nSPS) is 18.7. The highest BCUT2D eigenvalue weighted by Crippen LogP contribution is 2.36. The van der Waals surface area contributed by atoms with Crippen LogP contribution in [0.4, 0.5) is 13.2 Å². The number of halogens is 3. The highest BCUT2D eigenvalue weighted by atomic mass is 19.1. The van der Waals surface area contributed by atoms with E-state index in [1.165, 1.54) is 12.1 Å². The number of carboxylic acids is 1. The number of ether oxygens (including phenoxy) is 1. The summed E-state index contributed by atoms with van der Waals surface area (Å²) >= 11 is 0. The van der Waals surface area contributed by atoms with Gasteiger partial charge in [0.2, 0.25) is 0 Å². The molecule has 0 spiro atoms. The molecule has 1 aliphatic heterocycles. The van der Waals surface area contributed by atoms with Crippen molar-refractivity contribution in [2.45, 2.75) is 31.9 Å². The Kier molecular flexibility index (Phi) is 8.67. The molecule has 4 rings (SSSR count). The molecule has 2 heterocycles. The number of methoxy groups -OCH3 is 1. The van der Waals surface area contributed by atoms with Gasteiger partial charge in [0.05, 0.1) is 19.2 Å². The van der Waals surface area contributed by atoms with E-state index in [2.05, 4.69) is 16.8 Å². The molecular formula is C29H29F3N2O3. The Balaban J connectivity index is 1.39. The molecule has 1 saturated heterocycles. The van der Waals surface area contributed by atoms with Crippen LogP contribution < -0.4 is 4.74 Å². The molecule has 8 heteroatoms. The summed E-state index contributed by atoms with van der Waals surface area (Å²) in [5, 5.41) is 10.2. The highest BCUT2D eigenvalue weighted by molar-refractivity contribution is 5.83. The maximum atomic E-state index is 15.4. The van der Waals surface area contributed by atoms with Crippen molar-refractivity contribution in [1.29, 1.82) is 0 Å². The molecule has 0 aliphatic carbocycles. The van der Waals surface area contributed by atoms with Gasteiger partial charge in [0, 0.05) is 36.2 Å². The number of hydrogen-bond donors (Lipinski definition) is 1. The second kappa shape index (κ2) is 12.1. The predicted molar refractivity (Wildman–Crippen MR) is 135 cm³/mol. The number of likely N-dealkylation sites (tertiary alicyclic amines) is 1. The summed E-state index contributed by atoms with van der Waals surface area (Å²) in [7, 11) is 1.56. The van der Waals surface area contributed by atoms with Gasteiger partial charge in [0.25, 0.3) is 0 Å². The average Bonchev–Trinajstić information content (AvgIpc) is 2.86. The van der Waals surface area contributed by atoms with Crippen LogP contribution in [0.2, 0.25) is 0 Å². The molecule has 0 bridgehead atoms. The molecule has 1 fully saturated rings. The molecule has 1 aromatic heterocycles. The Morgan fingerprint density at radius 2 is 1.97 bits per heavy atom. The molecule has 0 unspecified atom stereocenters. The van der Waals surface area contributed by atoms with Crippen LogP contribution in [-0.2, 0) is 4.79 Å². The summed E-state index contributed by atoms with van der Waals surface area (Å²) in [4.78, 5) is 17.9. The summed E-state index contributed by atoms with van der Waals surface area (Å²) in [6, 6.07) is 10.2. The summed E-state index contributed by atoms with van der Waals surface area (Å²) in [6.07, 6.45) is 1.96. The van der Waals surface area contributed by atoms with Crippen molar-refractivity contribution < 1.29 is 27.8 Å². The predicted octanol–water partition coefficient (Wildman–Crippen LogP) is 5.78. The van der Waals surface area contributed by atoms with Gasteiger partial charge in [-0.05, 0) is 79.6 Å². The average molecular weight is 511 g/mol. The summed E-state index contributed by atoms with van der Waals surface area (Å²) in [5.41, 5.74) is 1.50. The SMILES string of the molecule is COc1ccc2nccc([C@@H](F)CC[C@@H]3CCN(CC#Cc4cc(F)cc(F)c4)C[C@@H]3CC(=O)O)c2c1. The van der Waals surface area contributed by atoms with Crippen LogP contribution in [0.5, 0.6) is 5.75 Å². The molecule has 0 amide bonds. The van der Waals surface area contributed by atoms with Crippen molar-refractivity contribution >= 4 is 16.9 Å². The fourth-order valence-electron chi connectivity index (χ4n) is 5.08. The molecule has 1 N–H and O–H groups in total. The fraction of sp³-hybridized carbons (Fsp3) is 0.379. The summed E-state index contributed by atoms with van der Waals surface area (Å²) in [6.45, 7) is 1.58. The largest absolute Gasteiger partial charge is 0.497 e. The number of carboxylic acid groups (broad SMARTS) is 1. The van der Waals surface area contributed by atoms with Gasteiger partial charge in [-0.2, -0.15) is 0 Å². The molecular weight excluding hydrogens is 481 g/mol. The monoisotopic (exact) mass is 510 g/mol. The van der Waals surface area contributed by atoms with Crippen LogP contribution in [0.1, 0.15) is 43.0 Å². The Labute approximate surface area is 214 Å². The third kappa shape index (κ3) is 7.01. The number of aromatic nitrogens is 1. The number of alkyl halides is 1. The number of carbonyl (C=O) groups is 1. The molecule has 3 aromatic rings. The zero-order chi connectivity index (χ0) is 26.4. The zero-order valence-electron chi connectivity index (χ0n) is 20.6. The quantitative estimate of drug-likeness (QED) is 0.390. The summed E-state index contributed by atoms with van der Waals surface area (Å²) < 4.78 is 47.5. The first kappa shape index (κ1) is 26.5. The van der Waals surface area contributed by atoms with Crippen molar-refractivity contribution in [3.63, 3.8) is 0 Å². The third-order valence-corrected chi connectivity index (χ3v) is 6.92. The smallest absolute Gasteiger partial charge is 0.303 e. The Morgan fingerprint density at radius 3 is 2.70 bits per heavy atom. The summed E-state index contributed by atoms with van der Waals surface area (Å²) in [5.74, 6) is 4.01. The van der Waals surface area contributed by atoms with Gasteiger partial charge in [-0.15, -0.1) is 0 Å². The number of fused-ring (bicyclic) bond motifs is 1. The minimum absolute atomic E-state index is 0.00393. The van der Waals surface area contributed by atoms with Crippen molar-refractivity contribution in [3.8, 4) is 17.6 Å². The maximum absolute atomic E-state index is 15.4. The first-order valence-electron chi connectivity index (χ1n) is 12.3. The van der Waals surface area contributed by atoms with E-state index in [9.17, 15) is 18.7 Å². The number of aliphatic carboxylic acids is 1. The minimum atomic E-state index is -1.21. The van der Waals surface area contributed by atoms with Gasteiger partial charge in [-0.1, -0.05) is 11.8 Å². The number of piperidine rings is 1. The molecule has 37 heavy (non-hydrogen) atoms. The molecule has 2 aromatic carbocycles. The van der Waals surface area contributed by atoms with Crippen molar-refractivity contribution in [2.75, 3.05) is 26.7 Å². The van der Waals surface area contributed by atoms with Gasteiger partial charge < -0.3 is 9.84 Å². The Morgan fingerprint density at radius 1 is 1.19 bits per heavy atom. The Bertz CT molecular complexity index is 1300. The van der Waals surface area contributed by atoms with E-state index in [-0.39, 0.29) is 30.2 Å². The number of pyridine rings is 1. The number of rotatable bonds is 8. The van der Waals surface area contributed by atoms with E-state index < -0.39 is 23.8 Å². The molecule has 0 radical (unpaired) electrons. The van der Waals surface area contributed by atoms with E-state index in [1.54, 1.807) is 37.6 Å². The standard InChI is InChI=1S/C29H29F3N2O3/c1-37-24-5-7-28-26(17-24)25(8-10-33-28)27(32)6-4-20-9-12-34(18-21(20)15-29(35)36)11-2-3-19-13-22(30)16-23(31)14-19/h5,7-8,10,13-14,16-17,20-21,27H,4,6,9,11-12,15,18H2,1H3,(H,35,36)/t20-,21+,27+/m1/s1. The van der Waals surface area contributed by atoms with Crippen LogP contribution in [0.3, 0.4) is 0 Å². The van der Waals surface area contributed by atoms with Crippen LogP contribution in [0, 0.1) is 35.3 Å². The van der Waals surface area contributed by atoms with Gasteiger partial charge in [-0.3, -0.25) is 14.7 Å². The highest BCUT2D eigenvalue weighted by Gasteiger charge is 2.31. The van der Waals surface area contributed by atoms with Crippen molar-refractivity contribution in [1.82, 2.24) is 9.88 Å². The zero-order valence-corrected chi connectivity index (χ0v) is 20.6. The van der Waals surface area contributed by atoms with E-state index in [0.717, 1.165) is 12.5 Å². The van der Waals surface area contributed by atoms with E-state index in [1.807, 2.05) is 4.90 Å². The minimum Gasteiger partial charge on any atom is -0.497 e. The molecule has 3 atom stereocenters. The van der Waals surface area contributed by atoms with Gasteiger partial charge in [0.15, 0.2) is 0 Å². The van der Waals surface area contributed by atoms with Gasteiger partial charge >= 0.3 is 5.97 Å². The van der Waals surface area contributed by atoms with Crippen LogP contribution in [0.15, 0.2) is 48.7 Å². The lowest BCUT2D eigenvalue weighted by atomic mass is 9.79. The molecule has 0 saturated carbocycles. The van der Waals surface area contributed by atoms with Gasteiger partial charge in [-0.25, -0.2) is 13.2 Å². The van der Waals surface area contributed by atoms with E-state index in [0.29, 0.717) is 48.3 Å². The molecule has 194 valence electrons. The second-order valence-corrected chi connectivity index (χ2v) is 9.43. The Hall–Kier alpha value is -3.57. The van der Waals surface area contributed by atoms with Crippen molar-refractivity contribution in [2.24, 2.45) is 11.8 Å². The van der Waals surface area contributed by atoms with E-state index in [4.69, 9.17) is 4.74 Å². The van der Waals surface area contributed by atoms with Gasteiger partial charge in [0.1, 0.15) is 23.6 Å².